The Hall–Kier alpha value is -2.70. The van der Waals surface area contributed by atoms with Crippen LogP contribution in [-0.4, -0.2) is 19.2 Å². The van der Waals surface area contributed by atoms with E-state index in [9.17, 15) is 18.0 Å². The van der Waals surface area contributed by atoms with E-state index in [2.05, 4.69) is 5.32 Å². The molecule has 0 spiro atoms. The lowest BCUT2D eigenvalue weighted by Gasteiger charge is -2.26. The van der Waals surface area contributed by atoms with Crippen molar-refractivity contribution in [3.8, 4) is 11.5 Å². The van der Waals surface area contributed by atoms with Crippen LogP contribution >= 0.6 is 0 Å². The maximum absolute atomic E-state index is 12.8. The van der Waals surface area contributed by atoms with Crippen LogP contribution in [-0.2, 0) is 22.8 Å². The Labute approximate surface area is 155 Å². The van der Waals surface area contributed by atoms with Crippen LogP contribution in [0.1, 0.15) is 30.5 Å². The summed E-state index contributed by atoms with van der Waals surface area (Å²) in [4.78, 5) is 12.2. The van der Waals surface area contributed by atoms with Crippen LogP contribution in [0, 0.1) is 0 Å². The molecule has 0 aromatic heterocycles. The van der Waals surface area contributed by atoms with Crippen molar-refractivity contribution in [2.75, 3.05) is 13.3 Å². The molecular weight excluding hydrogens is 359 g/mol. The number of fused-ring (bicyclic) bond motifs is 1. The summed E-state index contributed by atoms with van der Waals surface area (Å²) in [5.74, 6) is 1.02. The van der Waals surface area contributed by atoms with Gasteiger partial charge in [0.05, 0.1) is 12.0 Å². The van der Waals surface area contributed by atoms with Crippen molar-refractivity contribution in [2.45, 2.75) is 31.9 Å². The molecule has 1 aliphatic heterocycles. The number of halogens is 3. The molecule has 2 aromatic carbocycles. The molecule has 0 saturated heterocycles. The summed E-state index contributed by atoms with van der Waals surface area (Å²) < 4.78 is 49.0. The summed E-state index contributed by atoms with van der Waals surface area (Å²) >= 11 is 0. The monoisotopic (exact) mass is 379 g/mol. The number of carbonyl (C=O) groups is 1. The lowest BCUT2D eigenvalue weighted by molar-refractivity contribution is -0.137. The van der Waals surface area contributed by atoms with Gasteiger partial charge in [-0.15, -0.1) is 0 Å². The summed E-state index contributed by atoms with van der Waals surface area (Å²) in [6.07, 6.45) is -4.53. The molecule has 144 valence electrons. The standard InChI is InChI=1S/C20H20F3NO3/c1-19(2,14-6-7-16-17(10-14)27-12-26-16)11-24-18(25)9-13-4-3-5-15(8-13)20(21,22)23/h3-8,10H,9,11-12H2,1-2H3,(H,24,25). The zero-order chi connectivity index (χ0) is 19.7. The van der Waals surface area contributed by atoms with Gasteiger partial charge in [0.1, 0.15) is 0 Å². The molecule has 0 saturated carbocycles. The molecule has 27 heavy (non-hydrogen) atoms. The van der Waals surface area contributed by atoms with Crippen LogP contribution in [0.2, 0.25) is 0 Å². The average molecular weight is 379 g/mol. The molecule has 0 unspecified atom stereocenters. The van der Waals surface area contributed by atoms with Crippen LogP contribution in [0.5, 0.6) is 11.5 Å². The van der Waals surface area contributed by atoms with E-state index in [0.717, 1.165) is 17.7 Å². The Balaban J connectivity index is 1.61. The van der Waals surface area contributed by atoms with Crippen molar-refractivity contribution in [3.63, 3.8) is 0 Å². The average Bonchev–Trinajstić information content (AvgIpc) is 3.07. The third kappa shape index (κ3) is 4.53. The summed E-state index contributed by atoms with van der Waals surface area (Å²) in [7, 11) is 0. The van der Waals surface area contributed by atoms with E-state index in [4.69, 9.17) is 9.47 Å². The number of amides is 1. The number of alkyl halides is 3. The van der Waals surface area contributed by atoms with Crippen molar-refractivity contribution in [1.29, 1.82) is 0 Å². The molecule has 7 heteroatoms. The van der Waals surface area contributed by atoms with Gasteiger partial charge in [0.25, 0.3) is 0 Å². The molecule has 0 aliphatic carbocycles. The predicted octanol–water partition coefficient (Wildman–Crippen LogP) is 4.07. The summed E-state index contributed by atoms with van der Waals surface area (Å²) in [5, 5.41) is 2.80. The maximum atomic E-state index is 12.8. The molecule has 1 heterocycles. The van der Waals surface area contributed by atoms with Gasteiger partial charge in [0.15, 0.2) is 11.5 Å². The first kappa shape index (κ1) is 19.1. The number of nitrogens with one attached hydrogen (secondary N) is 1. The first-order chi connectivity index (χ1) is 12.6. The second-order valence-corrected chi connectivity index (χ2v) is 7.10. The summed E-state index contributed by atoms with van der Waals surface area (Å²) in [6.45, 7) is 4.46. The minimum absolute atomic E-state index is 0.110. The highest BCUT2D eigenvalue weighted by molar-refractivity contribution is 5.78. The first-order valence-electron chi connectivity index (χ1n) is 8.48. The smallest absolute Gasteiger partial charge is 0.416 e. The van der Waals surface area contributed by atoms with Gasteiger partial charge < -0.3 is 14.8 Å². The molecule has 0 atom stereocenters. The maximum Gasteiger partial charge on any atom is 0.416 e. The zero-order valence-electron chi connectivity index (χ0n) is 15.0. The number of ether oxygens (including phenoxy) is 2. The molecule has 1 aliphatic rings. The van der Waals surface area contributed by atoms with Gasteiger partial charge >= 0.3 is 6.18 Å². The number of benzene rings is 2. The van der Waals surface area contributed by atoms with Gasteiger partial charge in [-0.05, 0) is 29.3 Å². The highest BCUT2D eigenvalue weighted by atomic mass is 19.4. The third-order valence-corrected chi connectivity index (χ3v) is 4.50. The van der Waals surface area contributed by atoms with Crippen LogP contribution in [0.4, 0.5) is 13.2 Å². The van der Waals surface area contributed by atoms with Crippen LogP contribution in [0.3, 0.4) is 0 Å². The Morgan fingerprint density at radius 3 is 2.52 bits per heavy atom. The highest BCUT2D eigenvalue weighted by Crippen LogP contribution is 2.36. The van der Waals surface area contributed by atoms with Gasteiger partial charge in [-0.2, -0.15) is 13.2 Å². The SMILES string of the molecule is CC(C)(CNC(=O)Cc1cccc(C(F)(F)F)c1)c1ccc2c(c1)OCO2. The van der Waals surface area contributed by atoms with E-state index >= 15 is 0 Å². The van der Waals surface area contributed by atoms with E-state index in [1.165, 1.54) is 12.1 Å². The van der Waals surface area contributed by atoms with Crippen LogP contribution in [0.25, 0.3) is 0 Å². The van der Waals surface area contributed by atoms with Crippen molar-refractivity contribution in [3.05, 3.63) is 59.2 Å². The fourth-order valence-corrected chi connectivity index (χ4v) is 2.84. The predicted molar refractivity (Wildman–Crippen MR) is 93.7 cm³/mol. The summed E-state index contributed by atoms with van der Waals surface area (Å²) in [6, 6.07) is 10.4. The normalized spacial score (nSPS) is 13.5. The van der Waals surface area contributed by atoms with Crippen molar-refractivity contribution in [2.24, 2.45) is 0 Å². The molecule has 1 N–H and O–H groups in total. The number of rotatable bonds is 5. The molecule has 1 amide bonds. The molecule has 0 radical (unpaired) electrons. The van der Waals surface area contributed by atoms with Gasteiger partial charge in [-0.1, -0.05) is 38.1 Å². The number of carbonyl (C=O) groups excluding carboxylic acids is 1. The van der Waals surface area contributed by atoms with E-state index in [1.54, 1.807) is 0 Å². The first-order valence-corrected chi connectivity index (χ1v) is 8.48. The van der Waals surface area contributed by atoms with Crippen LogP contribution in [0.15, 0.2) is 42.5 Å². The van der Waals surface area contributed by atoms with Crippen molar-refractivity contribution < 1.29 is 27.4 Å². The molecule has 0 fully saturated rings. The summed E-state index contributed by atoms with van der Waals surface area (Å²) in [5.41, 5.74) is 0.146. The van der Waals surface area contributed by atoms with Crippen LogP contribution < -0.4 is 14.8 Å². The van der Waals surface area contributed by atoms with Gasteiger partial charge in [-0.3, -0.25) is 4.79 Å². The van der Waals surface area contributed by atoms with Gasteiger partial charge in [0, 0.05) is 12.0 Å². The second kappa shape index (κ2) is 7.13. The lowest BCUT2D eigenvalue weighted by Crippen LogP contribution is -2.37. The number of hydrogen-bond acceptors (Lipinski definition) is 3. The van der Waals surface area contributed by atoms with E-state index in [-0.39, 0.29) is 24.5 Å². The lowest BCUT2D eigenvalue weighted by atomic mass is 9.84. The second-order valence-electron chi connectivity index (χ2n) is 7.10. The van der Waals surface area contributed by atoms with Crippen molar-refractivity contribution in [1.82, 2.24) is 5.32 Å². The zero-order valence-corrected chi connectivity index (χ0v) is 15.0. The van der Waals surface area contributed by atoms with E-state index in [0.29, 0.717) is 23.6 Å². The third-order valence-electron chi connectivity index (χ3n) is 4.50. The molecular formula is C20H20F3NO3. The minimum Gasteiger partial charge on any atom is -0.454 e. The largest absolute Gasteiger partial charge is 0.454 e. The molecule has 3 rings (SSSR count). The highest BCUT2D eigenvalue weighted by Gasteiger charge is 2.30. The van der Waals surface area contributed by atoms with E-state index in [1.807, 2.05) is 32.0 Å². The fraction of sp³-hybridized carbons (Fsp3) is 0.350. The quantitative estimate of drug-likeness (QED) is 0.852. The molecule has 0 bridgehead atoms. The topological polar surface area (TPSA) is 47.6 Å². The minimum atomic E-state index is -4.42. The Morgan fingerprint density at radius 2 is 1.78 bits per heavy atom. The molecule has 4 nitrogen and oxygen atoms in total. The molecule has 2 aromatic rings. The van der Waals surface area contributed by atoms with Crippen molar-refractivity contribution >= 4 is 5.91 Å². The Kier molecular flexibility index (Phi) is 5.04. The van der Waals surface area contributed by atoms with E-state index < -0.39 is 11.7 Å². The Bertz CT molecular complexity index is 847. The van der Waals surface area contributed by atoms with Gasteiger partial charge in [-0.25, -0.2) is 0 Å². The number of hydrogen-bond donors (Lipinski definition) is 1. The van der Waals surface area contributed by atoms with Gasteiger partial charge in [0.2, 0.25) is 12.7 Å². The Morgan fingerprint density at radius 1 is 1.04 bits per heavy atom. The fourth-order valence-electron chi connectivity index (χ4n) is 2.84.